The molecule has 0 heterocycles. The second-order valence-corrected chi connectivity index (χ2v) is 9.31. The van der Waals surface area contributed by atoms with Gasteiger partial charge < -0.3 is 15.2 Å². The highest BCUT2D eigenvalue weighted by atomic mass is 16.5. The first-order valence-electron chi connectivity index (χ1n) is 12.5. The zero-order chi connectivity index (χ0) is 27.4. The van der Waals surface area contributed by atoms with E-state index in [-0.39, 0.29) is 24.7 Å². The second kappa shape index (κ2) is 11.1. The molecule has 1 atom stereocenters. The number of alkyl carbamates (subject to hydrolysis) is 1. The maximum Gasteiger partial charge on any atom is 0.407 e. The summed E-state index contributed by atoms with van der Waals surface area (Å²) in [6.07, 6.45) is 4.60. The topological polar surface area (TPSA) is 92.7 Å². The first-order chi connectivity index (χ1) is 18.9. The average Bonchev–Trinajstić information content (AvgIpc) is 3.29. The van der Waals surface area contributed by atoms with E-state index < -0.39 is 18.1 Å². The number of hydrogen-bond acceptors (Lipinski definition) is 4. The molecule has 0 aromatic heterocycles. The lowest BCUT2D eigenvalue weighted by molar-refractivity contribution is -0.139. The first kappa shape index (κ1) is 25.5. The summed E-state index contributed by atoms with van der Waals surface area (Å²) in [4.78, 5) is 37.3. The van der Waals surface area contributed by atoms with Crippen molar-refractivity contribution >= 4 is 17.8 Å². The van der Waals surface area contributed by atoms with Crippen molar-refractivity contribution in [1.82, 2.24) is 5.32 Å². The van der Waals surface area contributed by atoms with Crippen LogP contribution in [-0.2, 0) is 16.0 Å². The average molecular weight is 516 g/mol. The highest BCUT2D eigenvalue weighted by molar-refractivity contribution is 6.09. The minimum absolute atomic E-state index is 0.0326. The molecule has 6 nitrogen and oxygen atoms in total. The monoisotopic (exact) mass is 515 g/mol. The molecule has 1 aliphatic carbocycles. The Labute approximate surface area is 226 Å². The number of terminal acetylenes is 1. The van der Waals surface area contributed by atoms with Gasteiger partial charge in [0.2, 0.25) is 0 Å². The Hall–Kier alpha value is -5.15. The van der Waals surface area contributed by atoms with E-state index in [1.54, 1.807) is 48.5 Å². The Morgan fingerprint density at radius 2 is 1.36 bits per heavy atom. The van der Waals surface area contributed by atoms with Gasteiger partial charge in [0.1, 0.15) is 12.6 Å². The number of aliphatic carboxylic acids is 1. The van der Waals surface area contributed by atoms with Gasteiger partial charge in [-0.15, -0.1) is 6.42 Å². The summed E-state index contributed by atoms with van der Waals surface area (Å²) < 4.78 is 5.50. The third-order valence-corrected chi connectivity index (χ3v) is 6.90. The number of hydrogen-bond donors (Lipinski definition) is 2. The number of nitrogens with one attached hydrogen (secondary N) is 1. The summed E-state index contributed by atoms with van der Waals surface area (Å²) >= 11 is 0. The van der Waals surface area contributed by atoms with Crippen LogP contribution in [0.5, 0.6) is 0 Å². The van der Waals surface area contributed by atoms with Crippen LogP contribution in [0.1, 0.15) is 44.1 Å². The van der Waals surface area contributed by atoms with Crippen LogP contribution in [0.15, 0.2) is 97.1 Å². The Kier molecular flexibility index (Phi) is 7.24. The fourth-order valence-electron chi connectivity index (χ4n) is 4.89. The first-order valence-corrected chi connectivity index (χ1v) is 12.5. The lowest BCUT2D eigenvalue weighted by Crippen LogP contribution is -2.42. The van der Waals surface area contributed by atoms with Crippen LogP contribution in [0.2, 0.25) is 0 Å². The minimum atomic E-state index is -1.20. The van der Waals surface area contributed by atoms with Crippen molar-refractivity contribution in [2.45, 2.75) is 18.4 Å². The molecule has 4 aromatic carbocycles. The van der Waals surface area contributed by atoms with Crippen molar-refractivity contribution in [2.24, 2.45) is 0 Å². The molecule has 192 valence electrons. The van der Waals surface area contributed by atoms with E-state index in [9.17, 15) is 19.5 Å². The molecule has 0 radical (unpaired) electrons. The summed E-state index contributed by atoms with van der Waals surface area (Å²) in [5.41, 5.74) is 6.66. The fourth-order valence-corrected chi connectivity index (χ4v) is 4.89. The van der Waals surface area contributed by atoms with Crippen molar-refractivity contribution in [1.29, 1.82) is 0 Å². The Bertz CT molecular complexity index is 1540. The second-order valence-electron chi connectivity index (χ2n) is 9.31. The van der Waals surface area contributed by atoms with Crippen LogP contribution in [0, 0.1) is 12.3 Å². The normalized spacial score (nSPS) is 12.5. The maximum atomic E-state index is 12.7. The third kappa shape index (κ3) is 5.43. The van der Waals surface area contributed by atoms with Gasteiger partial charge in [0, 0.05) is 29.0 Å². The van der Waals surface area contributed by atoms with Gasteiger partial charge in [-0.05, 0) is 52.1 Å². The predicted octanol–water partition coefficient (Wildman–Crippen LogP) is 5.43. The number of carboxylic acid groups (broad SMARTS) is 1. The highest BCUT2D eigenvalue weighted by Gasteiger charge is 2.29. The van der Waals surface area contributed by atoms with Crippen molar-refractivity contribution < 1.29 is 24.2 Å². The third-order valence-electron chi connectivity index (χ3n) is 6.90. The van der Waals surface area contributed by atoms with Gasteiger partial charge in [0.05, 0.1) is 0 Å². The molecule has 0 bridgehead atoms. The zero-order valence-corrected chi connectivity index (χ0v) is 21.0. The van der Waals surface area contributed by atoms with Gasteiger partial charge >= 0.3 is 12.1 Å². The Morgan fingerprint density at radius 3 is 1.90 bits per heavy atom. The number of benzene rings is 4. The number of ketones is 1. The van der Waals surface area contributed by atoms with E-state index in [0.717, 1.165) is 22.3 Å². The van der Waals surface area contributed by atoms with Gasteiger partial charge in [-0.2, -0.15) is 0 Å². The van der Waals surface area contributed by atoms with Crippen LogP contribution in [0.25, 0.3) is 11.1 Å². The molecule has 0 aliphatic heterocycles. The molecule has 0 fully saturated rings. The predicted molar refractivity (Wildman–Crippen MR) is 148 cm³/mol. The van der Waals surface area contributed by atoms with Crippen molar-refractivity contribution in [3.63, 3.8) is 0 Å². The molecule has 2 N–H and O–H groups in total. The molecule has 0 saturated carbocycles. The summed E-state index contributed by atoms with van der Waals surface area (Å²) in [5, 5.41) is 12.2. The zero-order valence-electron chi connectivity index (χ0n) is 21.0. The SMILES string of the molecule is C#Cc1ccc(C(=O)c2ccc(C[C@H](NC(=O)OCC3c4ccccc4-c4ccccc43)C(=O)O)cc2)cc1. The minimum Gasteiger partial charge on any atom is -0.480 e. The summed E-state index contributed by atoms with van der Waals surface area (Å²) in [7, 11) is 0. The molecular formula is C33H25NO5. The number of carbonyl (C=O) groups is 3. The van der Waals surface area contributed by atoms with Gasteiger partial charge in [-0.25, -0.2) is 9.59 Å². The summed E-state index contributed by atoms with van der Waals surface area (Å²) in [5.74, 6) is 1.03. The fraction of sp³-hybridized carbons (Fsp3) is 0.121. The number of carboxylic acids is 1. The maximum absolute atomic E-state index is 12.7. The van der Waals surface area contributed by atoms with Crippen molar-refractivity contribution in [2.75, 3.05) is 6.61 Å². The van der Waals surface area contributed by atoms with Crippen LogP contribution >= 0.6 is 0 Å². The van der Waals surface area contributed by atoms with Crippen molar-refractivity contribution in [3.8, 4) is 23.5 Å². The number of fused-ring (bicyclic) bond motifs is 3. The van der Waals surface area contributed by atoms with Gasteiger partial charge in [-0.3, -0.25) is 4.79 Å². The molecule has 6 heteroatoms. The molecule has 1 aliphatic rings. The Balaban J connectivity index is 1.21. The van der Waals surface area contributed by atoms with Crippen LogP contribution < -0.4 is 5.32 Å². The smallest absolute Gasteiger partial charge is 0.407 e. The number of rotatable bonds is 8. The number of ether oxygens (including phenoxy) is 1. The van der Waals surface area contributed by atoms with Crippen LogP contribution in [0.4, 0.5) is 4.79 Å². The number of amides is 1. The molecular weight excluding hydrogens is 490 g/mol. The molecule has 39 heavy (non-hydrogen) atoms. The molecule has 0 unspecified atom stereocenters. The van der Waals surface area contributed by atoms with E-state index in [4.69, 9.17) is 11.2 Å². The van der Waals surface area contributed by atoms with E-state index in [1.165, 1.54) is 0 Å². The molecule has 1 amide bonds. The molecule has 4 aromatic rings. The highest BCUT2D eigenvalue weighted by Crippen LogP contribution is 2.44. The summed E-state index contributed by atoms with van der Waals surface area (Å²) in [6.45, 7) is 0.0886. The van der Waals surface area contributed by atoms with E-state index in [1.807, 2.05) is 48.5 Å². The van der Waals surface area contributed by atoms with Gasteiger partial charge in [-0.1, -0.05) is 78.7 Å². The quantitative estimate of drug-likeness (QED) is 0.241. The summed E-state index contributed by atoms with van der Waals surface area (Å²) in [6, 6.07) is 28.2. The lowest BCUT2D eigenvalue weighted by atomic mass is 9.98. The molecule has 5 rings (SSSR count). The van der Waals surface area contributed by atoms with Crippen LogP contribution in [0.3, 0.4) is 0 Å². The van der Waals surface area contributed by atoms with Gasteiger partial charge in [0.25, 0.3) is 0 Å². The van der Waals surface area contributed by atoms with E-state index in [0.29, 0.717) is 22.3 Å². The standard InChI is InChI=1S/C33H25NO5/c1-2-21-11-15-23(16-12-21)31(35)24-17-13-22(14-18-24)19-30(32(36)37)34-33(38)39-20-29-27-9-5-3-7-25(27)26-8-4-6-10-28(26)29/h1,3-18,29-30H,19-20H2,(H,34,38)(H,36,37)/t30-/m0/s1. The Morgan fingerprint density at radius 1 is 0.821 bits per heavy atom. The largest absolute Gasteiger partial charge is 0.480 e. The lowest BCUT2D eigenvalue weighted by Gasteiger charge is -2.17. The van der Waals surface area contributed by atoms with Gasteiger partial charge in [0.15, 0.2) is 5.78 Å². The van der Waals surface area contributed by atoms with E-state index >= 15 is 0 Å². The van der Waals surface area contributed by atoms with E-state index in [2.05, 4.69) is 11.2 Å². The molecule has 0 saturated heterocycles. The van der Waals surface area contributed by atoms with Crippen LogP contribution in [-0.4, -0.2) is 35.6 Å². The van der Waals surface area contributed by atoms with Crippen molar-refractivity contribution in [3.05, 3.63) is 130 Å². The number of carbonyl (C=O) groups excluding carboxylic acids is 2. The molecule has 0 spiro atoms.